The highest BCUT2D eigenvalue weighted by atomic mass is 16.4. The van der Waals surface area contributed by atoms with Gasteiger partial charge in [-0.25, -0.2) is 4.99 Å². The minimum absolute atomic E-state index is 0.0513. The molecule has 1 amide bonds. The Morgan fingerprint density at radius 1 is 1.08 bits per heavy atom. The van der Waals surface area contributed by atoms with Gasteiger partial charge in [0.05, 0.1) is 29.1 Å². The van der Waals surface area contributed by atoms with Crippen LogP contribution in [-0.2, 0) is 4.79 Å². The topological polar surface area (TPSA) is 119 Å². The number of nitriles is 1. The fourth-order valence-electron chi connectivity index (χ4n) is 4.53. The number of hydrogen-bond acceptors (Lipinski definition) is 8. The molecular formula is C28H21N7O2. The van der Waals surface area contributed by atoms with Gasteiger partial charge in [-0.1, -0.05) is 59.7 Å². The highest BCUT2D eigenvalue weighted by Gasteiger charge is 2.29. The number of carbonyl (C=O) groups is 1. The van der Waals surface area contributed by atoms with Gasteiger partial charge >= 0.3 is 6.01 Å². The smallest absolute Gasteiger partial charge is 0.317 e. The summed E-state index contributed by atoms with van der Waals surface area (Å²) in [6, 6.07) is 19.4. The Morgan fingerprint density at radius 3 is 2.73 bits per heavy atom. The molecule has 0 bridgehead atoms. The van der Waals surface area contributed by atoms with Crippen molar-refractivity contribution < 1.29 is 9.21 Å². The van der Waals surface area contributed by atoms with Crippen LogP contribution in [0.25, 0.3) is 5.57 Å². The summed E-state index contributed by atoms with van der Waals surface area (Å²) in [6.07, 6.45) is 8.37. The number of benzene rings is 2. The quantitative estimate of drug-likeness (QED) is 0.573. The summed E-state index contributed by atoms with van der Waals surface area (Å²) >= 11 is 0. The normalized spacial score (nSPS) is 20.2. The maximum absolute atomic E-state index is 13.1. The molecule has 2 aliphatic heterocycles. The fourth-order valence-corrected chi connectivity index (χ4v) is 4.53. The van der Waals surface area contributed by atoms with Gasteiger partial charge in [-0.05, 0) is 29.9 Å². The van der Waals surface area contributed by atoms with E-state index in [1.165, 1.54) is 0 Å². The van der Waals surface area contributed by atoms with Crippen molar-refractivity contribution in [2.75, 3.05) is 17.7 Å². The molecule has 3 heterocycles. The maximum Gasteiger partial charge on any atom is 0.317 e. The number of allylic oxidation sites excluding steroid dienone is 4. The average Bonchev–Trinajstić information content (AvgIpc) is 3.34. The highest BCUT2D eigenvalue weighted by Crippen LogP contribution is 2.33. The second-order valence-electron chi connectivity index (χ2n) is 8.70. The Bertz CT molecular complexity index is 1590. The standard InChI is InChI=1S/C28H21N7O2/c1-35-14-13-19(21-15-17(16-29)11-12-23(21)35)27-33-34-28(37-27)32-25-26(36)30-22-10-6-5-9-20(22)24(31-25)18-7-3-2-4-8-18/h2-15,23,25H,1H3,(H,30,36)(H,32,34)/t23?,25-/m1/s1. The van der Waals surface area contributed by atoms with Gasteiger partial charge in [-0.3, -0.25) is 4.79 Å². The molecule has 37 heavy (non-hydrogen) atoms. The van der Waals surface area contributed by atoms with Crippen molar-refractivity contribution in [3.63, 3.8) is 0 Å². The van der Waals surface area contributed by atoms with Gasteiger partial charge in [0.2, 0.25) is 12.1 Å². The van der Waals surface area contributed by atoms with Crippen LogP contribution in [0.4, 0.5) is 11.7 Å². The lowest BCUT2D eigenvalue weighted by atomic mass is 9.90. The minimum Gasteiger partial charge on any atom is -0.403 e. The van der Waals surface area contributed by atoms with Gasteiger partial charge in [0.25, 0.3) is 5.91 Å². The summed E-state index contributed by atoms with van der Waals surface area (Å²) in [5, 5.41) is 23.6. The van der Waals surface area contributed by atoms with Crippen molar-refractivity contribution in [3.05, 3.63) is 113 Å². The molecule has 0 saturated carbocycles. The monoisotopic (exact) mass is 487 g/mol. The Morgan fingerprint density at radius 2 is 1.89 bits per heavy atom. The van der Waals surface area contributed by atoms with Crippen LogP contribution < -0.4 is 10.6 Å². The number of nitrogens with zero attached hydrogens (tertiary/aromatic N) is 5. The molecule has 2 atom stereocenters. The van der Waals surface area contributed by atoms with E-state index >= 15 is 0 Å². The molecule has 6 rings (SSSR count). The first-order chi connectivity index (χ1) is 18.1. The number of benzodiazepines with no additional fused rings is 1. The molecule has 3 aromatic rings. The minimum atomic E-state index is -1.00. The number of likely N-dealkylation sites (N-methyl/N-ethyl adjacent to an activating group) is 1. The molecule has 0 fully saturated rings. The molecule has 9 nitrogen and oxygen atoms in total. The summed E-state index contributed by atoms with van der Waals surface area (Å²) < 4.78 is 5.94. The molecule has 1 aliphatic carbocycles. The van der Waals surface area contributed by atoms with Crippen LogP contribution >= 0.6 is 0 Å². The second kappa shape index (κ2) is 9.09. The molecule has 0 saturated heterocycles. The first-order valence-corrected chi connectivity index (χ1v) is 11.7. The zero-order valence-corrected chi connectivity index (χ0v) is 19.8. The number of para-hydroxylation sites is 1. The Kier molecular flexibility index (Phi) is 5.47. The number of fused-ring (bicyclic) bond motifs is 2. The van der Waals surface area contributed by atoms with Crippen molar-refractivity contribution in [1.29, 1.82) is 5.26 Å². The van der Waals surface area contributed by atoms with Gasteiger partial charge in [-0.2, -0.15) is 5.26 Å². The van der Waals surface area contributed by atoms with Crippen LogP contribution in [0.15, 0.2) is 106 Å². The maximum atomic E-state index is 13.1. The van der Waals surface area contributed by atoms with Gasteiger partial charge in [-0.15, -0.1) is 5.10 Å². The van der Waals surface area contributed by atoms with Crippen molar-refractivity contribution in [2.24, 2.45) is 4.99 Å². The van der Waals surface area contributed by atoms with Crippen LogP contribution in [0.1, 0.15) is 17.0 Å². The van der Waals surface area contributed by atoms with E-state index in [0.717, 1.165) is 16.7 Å². The number of anilines is 2. The summed E-state index contributed by atoms with van der Waals surface area (Å²) in [5.74, 6) is -0.0707. The first-order valence-electron chi connectivity index (χ1n) is 11.7. The number of aliphatic imine (C=N–C) groups is 1. The SMILES string of the molecule is CN1C=CC(c2nnc(N[C@H]3N=C(c4ccccc4)c4ccccc4NC3=O)o2)=C2C=C(C#N)C=CC21. The number of hydrogen-bond donors (Lipinski definition) is 2. The zero-order valence-electron chi connectivity index (χ0n) is 19.8. The van der Waals surface area contributed by atoms with Crippen molar-refractivity contribution in [3.8, 4) is 6.07 Å². The van der Waals surface area contributed by atoms with Crippen LogP contribution in [0.3, 0.4) is 0 Å². The van der Waals surface area contributed by atoms with Crippen molar-refractivity contribution in [1.82, 2.24) is 15.1 Å². The van der Waals surface area contributed by atoms with Crippen LogP contribution in [0.2, 0.25) is 0 Å². The van der Waals surface area contributed by atoms with E-state index < -0.39 is 6.17 Å². The number of rotatable bonds is 4. The lowest BCUT2D eigenvalue weighted by molar-refractivity contribution is -0.116. The molecule has 3 aliphatic rings. The van der Waals surface area contributed by atoms with Gasteiger partial charge in [0, 0.05) is 29.9 Å². The number of aromatic nitrogens is 2. The second-order valence-corrected chi connectivity index (χ2v) is 8.70. The van der Waals surface area contributed by atoms with Gasteiger partial charge in [0.1, 0.15) is 0 Å². The van der Waals surface area contributed by atoms with Gasteiger partial charge in [0.15, 0.2) is 0 Å². The number of amides is 1. The third kappa shape index (κ3) is 4.10. The summed E-state index contributed by atoms with van der Waals surface area (Å²) in [5.41, 5.74) is 5.18. The predicted molar refractivity (Wildman–Crippen MR) is 139 cm³/mol. The number of nitrogens with one attached hydrogen (secondary N) is 2. The van der Waals surface area contributed by atoms with Crippen LogP contribution in [0, 0.1) is 11.3 Å². The summed E-state index contributed by atoms with van der Waals surface area (Å²) in [4.78, 5) is 19.9. The van der Waals surface area contributed by atoms with E-state index in [9.17, 15) is 10.1 Å². The third-order valence-corrected chi connectivity index (χ3v) is 6.35. The largest absolute Gasteiger partial charge is 0.403 e. The molecule has 0 spiro atoms. The Balaban J connectivity index is 1.35. The van der Waals surface area contributed by atoms with Crippen molar-refractivity contribution >= 4 is 28.9 Å². The lowest BCUT2D eigenvalue weighted by Crippen LogP contribution is -2.32. The summed E-state index contributed by atoms with van der Waals surface area (Å²) in [6.45, 7) is 0. The highest BCUT2D eigenvalue weighted by molar-refractivity contribution is 6.19. The molecule has 2 aromatic carbocycles. The molecule has 9 heteroatoms. The molecule has 1 unspecified atom stereocenters. The van der Waals surface area contributed by atoms with Crippen LogP contribution in [0.5, 0.6) is 0 Å². The molecule has 180 valence electrons. The van der Waals surface area contributed by atoms with E-state index in [2.05, 4.69) is 26.9 Å². The molecular weight excluding hydrogens is 466 g/mol. The fraction of sp³-hybridized carbons (Fsp3) is 0.107. The van der Waals surface area contributed by atoms with E-state index in [1.54, 1.807) is 6.08 Å². The van der Waals surface area contributed by atoms with E-state index in [0.29, 0.717) is 22.5 Å². The first kappa shape index (κ1) is 22.2. The average molecular weight is 488 g/mol. The van der Waals surface area contributed by atoms with E-state index in [1.807, 2.05) is 91.0 Å². The predicted octanol–water partition coefficient (Wildman–Crippen LogP) is 3.90. The molecule has 2 N–H and O–H groups in total. The third-order valence-electron chi connectivity index (χ3n) is 6.35. The van der Waals surface area contributed by atoms with Crippen LogP contribution in [-0.4, -0.2) is 46.0 Å². The number of carbonyl (C=O) groups excluding carboxylic acids is 1. The van der Waals surface area contributed by atoms with E-state index in [4.69, 9.17) is 9.41 Å². The Hall–Kier alpha value is -5.23. The zero-order chi connectivity index (χ0) is 25.4. The lowest BCUT2D eigenvalue weighted by Gasteiger charge is -2.31. The Labute approximate surface area is 212 Å². The summed E-state index contributed by atoms with van der Waals surface area (Å²) in [7, 11) is 1.96. The molecule has 0 radical (unpaired) electrons. The van der Waals surface area contributed by atoms with Crippen molar-refractivity contribution in [2.45, 2.75) is 12.2 Å². The molecule has 1 aromatic heterocycles. The van der Waals surface area contributed by atoms with E-state index in [-0.39, 0.29) is 23.9 Å². The van der Waals surface area contributed by atoms with Gasteiger partial charge < -0.3 is 20.0 Å².